The molecule has 36 heavy (non-hydrogen) atoms. The normalized spacial score (nSPS) is 13.2. The topological polar surface area (TPSA) is 3.88 Å². The van der Waals surface area contributed by atoms with E-state index in [2.05, 4.69) is 115 Å². The molecule has 1 aliphatic rings. The number of hydrogen-bond donors (Lipinski definition) is 0. The van der Waals surface area contributed by atoms with Gasteiger partial charge in [-0.15, -0.1) is 0 Å². The zero-order valence-corrected chi connectivity index (χ0v) is 23.7. The summed E-state index contributed by atoms with van der Waals surface area (Å²) in [7, 11) is 2.22. The van der Waals surface area contributed by atoms with Crippen molar-refractivity contribution in [3.05, 3.63) is 77.0 Å². The molecule has 182 valence electrons. The molecule has 2 heteroatoms. The maximum Gasteiger partial charge on any atom is 0.222 e. The van der Waals surface area contributed by atoms with Gasteiger partial charge in [-0.3, -0.25) is 0 Å². The third-order valence-electron chi connectivity index (χ3n) is 7.83. The minimum Gasteiger partial charge on any atom is -0.200 e. The molecule has 0 unspecified atom stereocenters. The highest BCUT2D eigenvalue weighted by Crippen LogP contribution is 2.53. The molecule has 0 N–H and O–H groups in total. The van der Waals surface area contributed by atoms with Crippen LogP contribution < -0.4 is 4.57 Å². The Balaban J connectivity index is 1.78. The fourth-order valence-electron chi connectivity index (χ4n) is 6.05. The summed E-state index contributed by atoms with van der Waals surface area (Å²) in [5.41, 5.74) is 8.62. The van der Waals surface area contributed by atoms with Crippen LogP contribution in [0.2, 0.25) is 0 Å². The Hall–Kier alpha value is -2.84. The molecule has 0 fully saturated rings. The van der Waals surface area contributed by atoms with Gasteiger partial charge in [-0.25, -0.2) is 4.57 Å². The second-order valence-electron chi connectivity index (χ2n) is 12.3. The van der Waals surface area contributed by atoms with Crippen molar-refractivity contribution in [1.29, 1.82) is 0 Å². The summed E-state index contributed by atoms with van der Waals surface area (Å²) in [6.45, 7) is 16.2. The van der Waals surface area contributed by atoms with Gasteiger partial charge in [0, 0.05) is 21.2 Å². The molecular weight excluding hydrogens is 454 g/mol. The fraction of sp³-hybridized carbons (Fsp3) is 0.324. The number of nitrogens with zero attached hydrogens (tertiary/aromatic N) is 1. The zero-order chi connectivity index (χ0) is 25.5. The van der Waals surface area contributed by atoms with Crippen molar-refractivity contribution in [3.8, 4) is 11.3 Å². The molecule has 0 bridgehead atoms. The summed E-state index contributed by atoms with van der Waals surface area (Å²) in [6, 6.07) is 18.9. The minimum atomic E-state index is 0.200. The summed E-state index contributed by atoms with van der Waals surface area (Å²) in [5.74, 6) is 0.523. The lowest BCUT2D eigenvalue weighted by molar-refractivity contribution is -0.659. The Labute approximate surface area is 219 Å². The third-order valence-corrected chi connectivity index (χ3v) is 9.02. The van der Waals surface area contributed by atoms with Crippen molar-refractivity contribution < 1.29 is 4.57 Å². The van der Waals surface area contributed by atoms with Crippen LogP contribution in [-0.4, -0.2) is 0 Å². The van der Waals surface area contributed by atoms with Crippen molar-refractivity contribution in [1.82, 2.24) is 0 Å². The van der Waals surface area contributed by atoms with Crippen LogP contribution in [0.25, 0.3) is 43.6 Å². The Morgan fingerprint density at radius 1 is 0.861 bits per heavy atom. The lowest BCUT2D eigenvalue weighted by Crippen LogP contribution is -2.32. The van der Waals surface area contributed by atoms with E-state index >= 15 is 0 Å². The van der Waals surface area contributed by atoms with E-state index in [-0.39, 0.29) is 5.41 Å². The lowest BCUT2D eigenvalue weighted by atomic mass is 9.82. The number of aryl methyl sites for hydroxylation is 3. The van der Waals surface area contributed by atoms with Crippen LogP contribution in [0.4, 0.5) is 0 Å². The van der Waals surface area contributed by atoms with Crippen LogP contribution in [0.1, 0.15) is 62.8 Å². The summed E-state index contributed by atoms with van der Waals surface area (Å²) in [4.78, 5) is 2.84. The van der Waals surface area contributed by atoms with Crippen molar-refractivity contribution in [2.75, 3.05) is 0 Å². The van der Waals surface area contributed by atoms with Crippen LogP contribution in [-0.2, 0) is 13.5 Å². The molecule has 0 amide bonds. The van der Waals surface area contributed by atoms with Gasteiger partial charge in [-0.1, -0.05) is 88.3 Å². The minimum absolute atomic E-state index is 0.200. The van der Waals surface area contributed by atoms with Crippen molar-refractivity contribution in [3.63, 3.8) is 0 Å². The highest BCUT2D eigenvalue weighted by atomic mass is 32.2. The maximum atomic E-state index is 2.45. The predicted molar refractivity (Wildman–Crippen MR) is 156 cm³/mol. The van der Waals surface area contributed by atoms with Crippen molar-refractivity contribution >= 4 is 44.1 Å². The molecule has 0 radical (unpaired) electrons. The first kappa shape index (κ1) is 23.6. The number of rotatable bonds is 2. The summed E-state index contributed by atoms with van der Waals surface area (Å²) in [6.07, 6.45) is 3.32. The molecule has 0 aliphatic carbocycles. The van der Waals surface area contributed by atoms with Crippen LogP contribution in [0.15, 0.2) is 64.5 Å². The second-order valence-corrected chi connectivity index (χ2v) is 13.3. The van der Waals surface area contributed by atoms with Gasteiger partial charge in [0.05, 0.1) is 10.9 Å². The number of pyridine rings is 1. The molecule has 2 heterocycles. The van der Waals surface area contributed by atoms with E-state index in [1.807, 2.05) is 11.8 Å². The van der Waals surface area contributed by atoms with Crippen LogP contribution in [0, 0.1) is 19.3 Å². The average molecular weight is 491 g/mol. The maximum absolute atomic E-state index is 2.45. The molecule has 1 nitrogen and oxygen atoms in total. The summed E-state index contributed by atoms with van der Waals surface area (Å²) >= 11 is 2.00. The summed E-state index contributed by atoms with van der Waals surface area (Å²) < 4.78 is 2.36. The number of aromatic nitrogens is 1. The Kier molecular flexibility index (Phi) is 5.29. The van der Waals surface area contributed by atoms with Gasteiger partial charge in [-0.05, 0) is 75.9 Å². The van der Waals surface area contributed by atoms with Gasteiger partial charge in [0.15, 0.2) is 6.20 Å². The smallest absolute Gasteiger partial charge is 0.200 e. The van der Waals surface area contributed by atoms with E-state index in [4.69, 9.17) is 0 Å². The monoisotopic (exact) mass is 490 g/mol. The Morgan fingerprint density at radius 2 is 1.61 bits per heavy atom. The van der Waals surface area contributed by atoms with E-state index in [1.165, 1.54) is 75.6 Å². The van der Waals surface area contributed by atoms with Gasteiger partial charge in [0.1, 0.15) is 7.05 Å². The van der Waals surface area contributed by atoms with Crippen LogP contribution in [0.3, 0.4) is 0 Å². The summed E-state index contributed by atoms with van der Waals surface area (Å²) in [5, 5.41) is 8.29. The number of fused-ring (bicyclic) bond motifs is 5. The Morgan fingerprint density at radius 3 is 2.33 bits per heavy atom. The third kappa shape index (κ3) is 3.57. The SMILES string of the molecule is Cc1ccc2c(CC(C)(C)C)c3c(c(C)c2c1)-c1c2c(cc4cc(C(C)C)ccc4c2cc[n+]1C)S3. The van der Waals surface area contributed by atoms with Crippen LogP contribution in [0.5, 0.6) is 0 Å². The molecule has 0 atom stereocenters. The first-order chi connectivity index (χ1) is 17.0. The quantitative estimate of drug-likeness (QED) is 0.173. The standard InChI is InChI=1S/C34H36NS/c1-19(2)22-10-12-24-23(16-22)17-29-31-26(24)13-14-35(8)32(31)30-21(4)27-15-20(3)9-11-25(27)28(33(30)36-29)18-34(5,6)7/h9-17,19H,18H2,1-8H3/q+1. The van der Waals surface area contributed by atoms with E-state index in [9.17, 15) is 0 Å². The van der Waals surface area contributed by atoms with Gasteiger partial charge in [0.25, 0.3) is 0 Å². The predicted octanol–water partition coefficient (Wildman–Crippen LogP) is 9.43. The molecule has 0 saturated carbocycles. The second kappa shape index (κ2) is 8.08. The van der Waals surface area contributed by atoms with E-state index < -0.39 is 0 Å². The van der Waals surface area contributed by atoms with Crippen molar-refractivity contribution in [2.24, 2.45) is 12.5 Å². The molecule has 1 aliphatic heterocycles. The lowest BCUT2D eigenvalue weighted by Gasteiger charge is -2.28. The molecule has 5 aromatic rings. The van der Waals surface area contributed by atoms with E-state index in [1.54, 1.807) is 0 Å². The number of hydrogen-bond acceptors (Lipinski definition) is 1. The molecule has 4 aromatic carbocycles. The van der Waals surface area contributed by atoms with Gasteiger partial charge in [-0.2, -0.15) is 0 Å². The fourth-order valence-corrected chi connectivity index (χ4v) is 7.42. The average Bonchev–Trinajstić information content (AvgIpc) is 2.81. The van der Waals surface area contributed by atoms with E-state index in [0.29, 0.717) is 5.92 Å². The van der Waals surface area contributed by atoms with Gasteiger partial charge < -0.3 is 0 Å². The van der Waals surface area contributed by atoms with Gasteiger partial charge in [0.2, 0.25) is 5.69 Å². The first-order valence-electron chi connectivity index (χ1n) is 13.2. The molecule has 6 rings (SSSR count). The van der Waals surface area contributed by atoms with Crippen molar-refractivity contribution in [2.45, 2.75) is 70.6 Å². The van der Waals surface area contributed by atoms with Crippen LogP contribution >= 0.6 is 11.8 Å². The van der Waals surface area contributed by atoms with Gasteiger partial charge >= 0.3 is 0 Å². The number of benzene rings is 4. The highest BCUT2D eigenvalue weighted by Gasteiger charge is 2.33. The molecular formula is C34H36NS+. The Bertz CT molecular complexity index is 1720. The first-order valence-corrected chi connectivity index (χ1v) is 14.0. The molecule has 0 saturated heterocycles. The largest absolute Gasteiger partial charge is 0.222 e. The molecule has 1 aromatic heterocycles. The van der Waals surface area contributed by atoms with E-state index in [0.717, 1.165) is 6.42 Å². The zero-order valence-electron chi connectivity index (χ0n) is 22.8. The highest BCUT2D eigenvalue weighted by molar-refractivity contribution is 8.00. The molecule has 0 spiro atoms.